The van der Waals surface area contributed by atoms with Gasteiger partial charge >= 0.3 is 0 Å². The maximum atomic E-state index is 5.95. The van der Waals surface area contributed by atoms with E-state index in [1.54, 1.807) is 0 Å². The molecule has 1 atom stereocenters. The SMILES string of the molecule is NCC(c1cccc(Br)c1)C1CCNCC1. The van der Waals surface area contributed by atoms with Gasteiger partial charge in [0.25, 0.3) is 0 Å². The van der Waals surface area contributed by atoms with Crippen molar-refractivity contribution in [1.29, 1.82) is 0 Å². The lowest BCUT2D eigenvalue weighted by Crippen LogP contribution is -2.33. The highest BCUT2D eigenvalue weighted by Gasteiger charge is 2.23. The van der Waals surface area contributed by atoms with Gasteiger partial charge in [-0.05, 0) is 62.0 Å². The number of nitrogens with one attached hydrogen (secondary N) is 1. The van der Waals surface area contributed by atoms with Crippen molar-refractivity contribution < 1.29 is 0 Å². The molecule has 1 unspecified atom stereocenters. The molecule has 3 N–H and O–H groups in total. The molecule has 88 valence electrons. The summed E-state index contributed by atoms with van der Waals surface area (Å²) >= 11 is 3.53. The summed E-state index contributed by atoms with van der Waals surface area (Å²) in [4.78, 5) is 0. The lowest BCUT2D eigenvalue weighted by molar-refractivity contribution is 0.321. The van der Waals surface area contributed by atoms with Crippen molar-refractivity contribution >= 4 is 15.9 Å². The Morgan fingerprint density at radius 2 is 2.12 bits per heavy atom. The third-order valence-electron chi connectivity index (χ3n) is 3.48. The van der Waals surface area contributed by atoms with Crippen LogP contribution in [0.5, 0.6) is 0 Å². The van der Waals surface area contributed by atoms with Gasteiger partial charge < -0.3 is 11.1 Å². The molecule has 1 aromatic carbocycles. The highest BCUT2D eigenvalue weighted by atomic mass is 79.9. The Morgan fingerprint density at radius 1 is 1.38 bits per heavy atom. The Labute approximate surface area is 106 Å². The van der Waals surface area contributed by atoms with Crippen molar-refractivity contribution in [2.45, 2.75) is 18.8 Å². The van der Waals surface area contributed by atoms with Crippen molar-refractivity contribution in [3.05, 3.63) is 34.3 Å². The Bertz CT molecular complexity index is 334. The fourth-order valence-electron chi connectivity index (χ4n) is 2.58. The van der Waals surface area contributed by atoms with Gasteiger partial charge in [0.2, 0.25) is 0 Å². The maximum Gasteiger partial charge on any atom is 0.0178 e. The van der Waals surface area contributed by atoms with Crippen LogP contribution in [0.1, 0.15) is 24.3 Å². The van der Waals surface area contributed by atoms with Crippen LogP contribution in [-0.4, -0.2) is 19.6 Å². The summed E-state index contributed by atoms with van der Waals surface area (Å²) in [6.45, 7) is 3.02. The van der Waals surface area contributed by atoms with Crippen LogP contribution in [0, 0.1) is 5.92 Å². The second kappa shape index (κ2) is 5.80. The van der Waals surface area contributed by atoms with Gasteiger partial charge in [-0.2, -0.15) is 0 Å². The molecule has 2 nitrogen and oxygen atoms in total. The minimum Gasteiger partial charge on any atom is -0.330 e. The summed E-state index contributed by atoms with van der Waals surface area (Å²) in [5.41, 5.74) is 7.33. The van der Waals surface area contributed by atoms with Gasteiger partial charge in [0.1, 0.15) is 0 Å². The van der Waals surface area contributed by atoms with Crippen LogP contribution in [0.4, 0.5) is 0 Å². The van der Waals surface area contributed by atoms with Crippen molar-refractivity contribution in [3.8, 4) is 0 Å². The molecule has 0 saturated carbocycles. The molecule has 1 aromatic rings. The van der Waals surface area contributed by atoms with E-state index in [1.165, 1.54) is 18.4 Å². The van der Waals surface area contributed by atoms with Crippen molar-refractivity contribution in [1.82, 2.24) is 5.32 Å². The van der Waals surface area contributed by atoms with Crippen LogP contribution >= 0.6 is 15.9 Å². The molecule has 0 amide bonds. The van der Waals surface area contributed by atoms with E-state index in [4.69, 9.17) is 5.73 Å². The predicted molar refractivity (Wildman–Crippen MR) is 71.5 cm³/mol. The molecule has 16 heavy (non-hydrogen) atoms. The number of hydrogen-bond donors (Lipinski definition) is 2. The molecular weight excluding hydrogens is 264 g/mol. The van der Waals surface area contributed by atoms with E-state index >= 15 is 0 Å². The average Bonchev–Trinajstić information content (AvgIpc) is 2.31. The smallest absolute Gasteiger partial charge is 0.0178 e. The summed E-state index contributed by atoms with van der Waals surface area (Å²) in [5, 5.41) is 3.41. The quantitative estimate of drug-likeness (QED) is 0.894. The first kappa shape index (κ1) is 12.1. The van der Waals surface area contributed by atoms with E-state index in [9.17, 15) is 0 Å². The number of nitrogens with two attached hydrogens (primary N) is 1. The minimum atomic E-state index is 0.514. The maximum absolute atomic E-state index is 5.95. The van der Waals surface area contributed by atoms with Gasteiger partial charge in [0.15, 0.2) is 0 Å². The highest BCUT2D eigenvalue weighted by Crippen LogP contribution is 2.31. The van der Waals surface area contributed by atoms with Gasteiger partial charge in [-0.3, -0.25) is 0 Å². The Hall–Kier alpha value is -0.380. The number of rotatable bonds is 3. The number of benzene rings is 1. The van der Waals surface area contributed by atoms with Crippen LogP contribution < -0.4 is 11.1 Å². The molecule has 0 spiro atoms. The van der Waals surface area contributed by atoms with Crippen LogP contribution in [0.2, 0.25) is 0 Å². The predicted octanol–water partition coefficient (Wildman–Crippen LogP) is 2.49. The highest BCUT2D eigenvalue weighted by molar-refractivity contribution is 9.10. The molecule has 1 saturated heterocycles. The summed E-state index contributed by atoms with van der Waals surface area (Å²) in [6.07, 6.45) is 2.49. The molecule has 0 aromatic heterocycles. The molecule has 1 heterocycles. The number of hydrogen-bond acceptors (Lipinski definition) is 2. The van der Waals surface area contributed by atoms with Gasteiger partial charge in [0, 0.05) is 4.47 Å². The fourth-order valence-corrected chi connectivity index (χ4v) is 3.00. The van der Waals surface area contributed by atoms with Crippen molar-refractivity contribution in [3.63, 3.8) is 0 Å². The largest absolute Gasteiger partial charge is 0.330 e. The summed E-state index contributed by atoms with van der Waals surface area (Å²) in [7, 11) is 0. The zero-order valence-corrected chi connectivity index (χ0v) is 11.0. The second-order valence-corrected chi connectivity index (χ2v) is 5.40. The average molecular weight is 283 g/mol. The topological polar surface area (TPSA) is 38.0 Å². The van der Waals surface area contributed by atoms with Crippen LogP contribution in [0.3, 0.4) is 0 Å². The van der Waals surface area contributed by atoms with Gasteiger partial charge in [-0.15, -0.1) is 0 Å². The van der Waals surface area contributed by atoms with Gasteiger partial charge in [-0.25, -0.2) is 0 Å². The molecule has 1 fully saturated rings. The molecule has 2 rings (SSSR count). The Kier molecular flexibility index (Phi) is 4.38. The number of halogens is 1. The first-order valence-corrected chi connectivity index (χ1v) is 6.77. The Balaban J connectivity index is 2.14. The molecular formula is C13H19BrN2. The van der Waals surface area contributed by atoms with Crippen molar-refractivity contribution in [2.24, 2.45) is 11.7 Å². The van der Waals surface area contributed by atoms with Crippen LogP contribution in [-0.2, 0) is 0 Å². The monoisotopic (exact) mass is 282 g/mol. The number of piperidine rings is 1. The molecule has 1 aliphatic heterocycles. The molecule has 0 aliphatic carbocycles. The lowest BCUT2D eigenvalue weighted by Gasteiger charge is -2.30. The van der Waals surface area contributed by atoms with Crippen molar-refractivity contribution in [2.75, 3.05) is 19.6 Å². The zero-order valence-electron chi connectivity index (χ0n) is 9.45. The Morgan fingerprint density at radius 3 is 2.75 bits per heavy atom. The summed E-state index contributed by atoms with van der Waals surface area (Å²) in [5.74, 6) is 1.25. The molecule has 0 radical (unpaired) electrons. The fraction of sp³-hybridized carbons (Fsp3) is 0.538. The molecule has 1 aliphatic rings. The second-order valence-electron chi connectivity index (χ2n) is 4.48. The van der Waals surface area contributed by atoms with Gasteiger partial charge in [-0.1, -0.05) is 28.1 Å². The minimum absolute atomic E-state index is 0.514. The zero-order chi connectivity index (χ0) is 11.4. The van der Waals surface area contributed by atoms with E-state index < -0.39 is 0 Å². The third kappa shape index (κ3) is 2.84. The van der Waals surface area contributed by atoms with E-state index in [2.05, 4.69) is 45.5 Å². The van der Waals surface area contributed by atoms with E-state index in [-0.39, 0.29) is 0 Å². The molecule has 3 heteroatoms. The summed E-state index contributed by atoms with van der Waals surface area (Å²) in [6, 6.07) is 8.58. The summed E-state index contributed by atoms with van der Waals surface area (Å²) < 4.78 is 1.15. The van der Waals surface area contributed by atoms with Crippen LogP contribution in [0.15, 0.2) is 28.7 Å². The third-order valence-corrected chi connectivity index (χ3v) is 3.98. The van der Waals surface area contributed by atoms with Gasteiger partial charge in [0.05, 0.1) is 0 Å². The van der Waals surface area contributed by atoms with E-state index in [0.29, 0.717) is 5.92 Å². The van der Waals surface area contributed by atoms with Crippen LogP contribution in [0.25, 0.3) is 0 Å². The standard InChI is InChI=1S/C13H19BrN2/c14-12-3-1-2-11(8-12)13(9-15)10-4-6-16-7-5-10/h1-3,8,10,13,16H,4-7,9,15H2. The first-order valence-electron chi connectivity index (χ1n) is 5.97. The van der Waals surface area contributed by atoms with E-state index in [1.807, 2.05) is 0 Å². The lowest BCUT2D eigenvalue weighted by atomic mass is 9.80. The molecule has 0 bridgehead atoms. The normalized spacial score (nSPS) is 19.6. The van der Waals surface area contributed by atoms with E-state index in [0.717, 1.165) is 30.0 Å². The first-order chi connectivity index (χ1) is 7.81.